The lowest BCUT2D eigenvalue weighted by atomic mass is 10.1. The van der Waals surface area contributed by atoms with Crippen molar-refractivity contribution < 1.29 is 14.3 Å². The Morgan fingerprint density at radius 1 is 1.07 bits per heavy atom. The highest BCUT2D eigenvalue weighted by molar-refractivity contribution is 14.1. The average molecular weight is 514 g/mol. The lowest BCUT2D eigenvalue weighted by Gasteiger charge is -2.13. The number of ether oxygens (including phenoxy) is 2. The van der Waals surface area contributed by atoms with Crippen LogP contribution in [0.15, 0.2) is 65.8 Å². The third-order valence-corrected chi connectivity index (χ3v) is 5.22. The number of nitrogens with zero attached hydrogens (tertiary/aromatic N) is 1. The van der Waals surface area contributed by atoms with Gasteiger partial charge in [0.05, 0.1) is 16.9 Å². The smallest absolute Gasteiger partial charge is 0.271 e. The van der Waals surface area contributed by atoms with E-state index in [1.807, 2.05) is 49.4 Å². The number of carbonyl (C=O) groups is 1. The van der Waals surface area contributed by atoms with Crippen LogP contribution < -0.4 is 14.9 Å². The number of hydrogen-bond donors (Lipinski definition) is 1. The van der Waals surface area contributed by atoms with Crippen LogP contribution in [0, 0.1) is 17.4 Å². The number of hydrogen-bond acceptors (Lipinski definition) is 4. The molecule has 30 heavy (non-hydrogen) atoms. The summed E-state index contributed by atoms with van der Waals surface area (Å²) in [7, 11) is 1.60. The van der Waals surface area contributed by atoms with Crippen molar-refractivity contribution in [1.29, 1.82) is 0 Å². The maximum absolute atomic E-state index is 12.2. The van der Waals surface area contributed by atoms with E-state index in [0.717, 1.165) is 20.3 Å². The molecule has 0 aromatic heterocycles. The molecule has 3 rings (SSSR count). The summed E-state index contributed by atoms with van der Waals surface area (Å²) in [6.07, 6.45) is 1.59. The van der Waals surface area contributed by atoms with E-state index in [-0.39, 0.29) is 5.91 Å². The van der Waals surface area contributed by atoms with Gasteiger partial charge >= 0.3 is 0 Å². The Bertz CT molecular complexity index is 1060. The molecular formula is C24H23IN2O3. The SMILES string of the molecule is COc1cc(/C=N/NC(=O)c2cccc(C)c2)cc(I)c1OCc1ccc(C)cc1. The number of methoxy groups -OCH3 is 1. The number of hydrazone groups is 1. The number of halogens is 1. The number of aryl methyl sites for hydroxylation is 2. The summed E-state index contributed by atoms with van der Waals surface area (Å²) in [6.45, 7) is 4.45. The van der Waals surface area contributed by atoms with Gasteiger partial charge in [0.1, 0.15) is 6.61 Å². The molecule has 0 aliphatic rings. The van der Waals surface area contributed by atoms with Crippen LogP contribution in [0.5, 0.6) is 11.5 Å². The maximum atomic E-state index is 12.2. The second-order valence-electron chi connectivity index (χ2n) is 6.88. The molecule has 6 heteroatoms. The first-order valence-electron chi connectivity index (χ1n) is 9.42. The van der Waals surface area contributed by atoms with Crippen molar-refractivity contribution in [2.75, 3.05) is 7.11 Å². The first-order chi connectivity index (χ1) is 14.5. The van der Waals surface area contributed by atoms with E-state index in [1.54, 1.807) is 19.4 Å². The molecule has 0 saturated heterocycles. The minimum Gasteiger partial charge on any atom is -0.493 e. The van der Waals surface area contributed by atoms with Gasteiger partial charge in [-0.15, -0.1) is 0 Å². The molecule has 0 aliphatic heterocycles. The third-order valence-electron chi connectivity index (χ3n) is 4.42. The largest absolute Gasteiger partial charge is 0.493 e. The fourth-order valence-corrected chi connectivity index (χ4v) is 3.59. The summed E-state index contributed by atoms with van der Waals surface area (Å²) in [4.78, 5) is 12.2. The van der Waals surface area contributed by atoms with Crippen molar-refractivity contribution in [3.05, 3.63) is 92.1 Å². The molecule has 0 saturated carbocycles. The number of benzene rings is 3. The topological polar surface area (TPSA) is 59.9 Å². The van der Waals surface area contributed by atoms with Gasteiger partial charge in [-0.05, 0) is 71.8 Å². The Labute approximate surface area is 190 Å². The second kappa shape index (κ2) is 10.2. The molecule has 154 valence electrons. The lowest BCUT2D eigenvalue weighted by Crippen LogP contribution is -2.17. The predicted octanol–water partition coefficient (Wildman–Crippen LogP) is 5.26. The first-order valence-corrected chi connectivity index (χ1v) is 10.5. The molecule has 0 unspecified atom stereocenters. The molecule has 3 aromatic carbocycles. The molecule has 0 spiro atoms. The molecule has 0 aliphatic carbocycles. The van der Waals surface area contributed by atoms with Gasteiger partial charge in [-0.1, -0.05) is 47.5 Å². The highest BCUT2D eigenvalue weighted by Crippen LogP contribution is 2.34. The molecule has 0 bridgehead atoms. The average Bonchev–Trinajstić information content (AvgIpc) is 2.73. The van der Waals surface area contributed by atoms with Crippen molar-refractivity contribution in [1.82, 2.24) is 5.43 Å². The summed E-state index contributed by atoms with van der Waals surface area (Å²) in [5, 5.41) is 4.07. The minimum absolute atomic E-state index is 0.255. The van der Waals surface area contributed by atoms with Gasteiger partial charge in [-0.25, -0.2) is 5.43 Å². The highest BCUT2D eigenvalue weighted by atomic mass is 127. The summed E-state index contributed by atoms with van der Waals surface area (Å²) in [5.74, 6) is 1.04. The summed E-state index contributed by atoms with van der Waals surface area (Å²) in [5.41, 5.74) is 7.24. The third kappa shape index (κ3) is 5.82. The number of rotatable bonds is 7. The zero-order chi connectivity index (χ0) is 21.5. The molecule has 1 amide bonds. The van der Waals surface area contributed by atoms with E-state index in [2.05, 4.69) is 52.2 Å². The van der Waals surface area contributed by atoms with Crippen molar-refractivity contribution >= 4 is 34.7 Å². The molecule has 0 heterocycles. The van der Waals surface area contributed by atoms with Crippen LogP contribution in [-0.2, 0) is 6.61 Å². The van der Waals surface area contributed by atoms with Crippen LogP contribution in [0.1, 0.15) is 32.6 Å². The Kier molecular flexibility index (Phi) is 7.46. The molecular weight excluding hydrogens is 491 g/mol. The monoisotopic (exact) mass is 514 g/mol. The first kappa shape index (κ1) is 21.8. The van der Waals surface area contributed by atoms with Gasteiger partial charge in [0.25, 0.3) is 5.91 Å². The van der Waals surface area contributed by atoms with Gasteiger partial charge < -0.3 is 9.47 Å². The van der Waals surface area contributed by atoms with E-state index in [4.69, 9.17) is 9.47 Å². The van der Waals surface area contributed by atoms with E-state index < -0.39 is 0 Å². The van der Waals surface area contributed by atoms with E-state index in [9.17, 15) is 4.79 Å². The van der Waals surface area contributed by atoms with Crippen LogP contribution in [0.2, 0.25) is 0 Å². The number of nitrogens with one attached hydrogen (secondary N) is 1. The zero-order valence-electron chi connectivity index (χ0n) is 17.1. The molecule has 5 nitrogen and oxygen atoms in total. The Morgan fingerprint density at radius 3 is 2.53 bits per heavy atom. The van der Waals surface area contributed by atoms with Crippen molar-refractivity contribution in [2.24, 2.45) is 5.10 Å². The number of carbonyl (C=O) groups excluding carboxylic acids is 1. The number of amides is 1. The molecule has 0 fully saturated rings. The summed E-state index contributed by atoms with van der Waals surface area (Å²) in [6, 6.07) is 19.3. The van der Waals surface area contributed by atoms with Crippen LogP contribution >= 0.6 is 22.6 Å². The predicted molar refractivity (Wildman–Crippen MR) is 127 cm³/mol. The van der Waals surface area contributed by atoms with Gasteiger partial charge in [0, 0.05) is 5.56 Å². The van der Waals surface area contributed by atoms with Crippen LogP contribution in [0.3, 0.4) is 0 Å². The Morgan fingerprint density at radius 2 is 1.83 bits per heavy atom. The van der Waals surface area contributed by atoms with Crippen molar-refractivity contribution in [3.8, 4) is 11.5 Å². The fraction of sp³-hybridized carbons (Fsp3) is 0.167. The zero-order valence-corrected chi connectivity index (χ0v) is 19.3. The fourth-order valence-electron chi connectivity index (χ4n) is 2.81. The van der Waals surface area contributed by atoms with E-state index in [1.165, 1.54) is 5.56 Å². The van der Waals surface area contributed by atoms with Gasteiger partial charge in [-0.2, -0.15) is 5.10 Å². The molecule has 1 N–H and O–H groups in total. The van der Waals surface area contributed by atoms with Crippen LogP contribution in [0.4, 0.5) is 0 Å². The quantitative estimate of drug-likeness (QED) is 0.266. The molecule has 0 radical (unpaired) electrons. The molecule has 0 atom stereocenters. The van der Waals surface area contributed by atoms with Gasteiger partial charge in [-0.3, -0.25) is 4.79 Å². The normalized spacial score (nSPS) is 10.8. The van der Waals surface area contributed by atoms with E-state index >= 15 is 0 Å². The lowest BCUT2D eigenvalue weighted by molar-refractivity contribution is 0.0955. The summed E-state index contributed by atoms with van der Waals surface area (Å²) < 4.78 is 12.4. The van der Waals surface area contributed by atoms with Crippen molar-refractivity contribution in [2.45, 2.75) is 20.5 Å². The highest BCUT2D eigenvalue weighted by Gasteiger charge is 2.12. The molecule has 3 aromatic rings. The van der Waals surface area contributed by atoms with Gasteiger partial charge in [0.2, 0.25) is 0 Å². The minimum atomic E-state index is -0.255. The van der Waals surface area contributed by atoms with Crippen molar-refractivity contribution in [3.63, 3.8) is 0 Å². The van der Waals surface area contributed by atoms with Gasteiger partial charge in [0.15, 0.2) is 11.5 Å². The maximum Gasteiger partial charge on any atom is 0.271 e. The standard InChI is InChI=1S/C24H23IN2O3/c1-16-7-9-18(10-8-16)15-30-23-21(25)12-19(13-22(23)29-3)14-26-27-24(28)20-6-4-5-17(2)11-20/h4-14H,15H2,1-3H3,(H,27,28)/b26-14+. The Hall–Kier alpha value is -2.87. The van der Waals surface area contributed by atoms with Crippen LogP contribution in [-0.4, -0.2) is 19.2 Å². The summed E-state index contributed by atoms with van der Waals surface area (Å²) >= 11 is 2.21. The van der Waals surface area contributed by atoms with E-state index in [0.29, 0.717) is 23.7 Å². The Balaban J connectivity index is 1.69. The second-order valence-corrected chi connectivity index (χ2v) is 8.04. The van der Waals surface area contributed by atoms with Crippen LogP contribution in [0.25, 0.3) is 0 Å².